The topological polar surface area (TPSA) is 30.5 Å². The van der Waals surface area contributed by atoms with Gasteiger partial charge in [-0.15, -0.1) is 0 Å². The smallest absolute Gasteiger partial charge is 0.124 e. The van der Waals surface area contributed by atoms with Crippen molar-refractivity contribution in [3.63, 3.8) is 0 Å². The van der Waals surface area contributed by atoms with E-state index in [0.717, 1.165) is 25.2 Å². The van der Waals surface area contributed by atoms with Crippen LogP contribution in [-0.4, -0.2) is 13.7 Å². The van der Waals surface area contributed by atoms with Crippen molar-refractivity contribution in [2.24, 2.45) is 0 Å². The van der Waals surface area contributed by atoms with Crippen molar-refractivity contribution in [2.45, 2.75) is 18.9 Å². The molecule has 3 nitrogen and oxygen atoms in total. The van der Waals surface area contributed by atoms with Crippen LogP contribution < -0.4 is 10.2 Å². The van der Waals surface area contributed by atoms with Gasteiger partial charge in [0.1, 0.15) is 5.75 Å². The van der Waals surface area contributed by atoms with Gasteiger partial charge in [0, 0.05) is 9.13 Å². The molecule has 0 saturated heterocycles. The summed E-state index contributed by atoms with van der Waals surface area (Å²) in [5.41, 5.74) is 4.22. The highest BCUT2D eigenvalue weighted by molar-refractivity contribution is 14.1. The van der Waals surface area contributed by atoms with Crippen molar-refractivity contribution in [3.8, 4) is 5.75 Å². The normalized spacial score (nSPS) is 20.3. The van der Waals surface area contributed by atoms with Crippen molar-refractivity contribution in [1.82, 2.24) is 5.48 Å². The average molecular weight is 319 g/mol. The molecule has 1 aromatic carbocycles. The first-order chi connectivity index (χ1) is 7.31. The molecule has 82 valence electrons. The fraction of sp³-hybridized carbons (Fsp3) is 0.455. The first kappa shape index (κ1) is 11.2. The number of ether oxygens (including phenoxy) is 1. The summed E-state index contributed by atoms with van der Waals surface area (Å²) in [7, 11) is 1.65. The first-order valence-corrected chi connectivity index (χ1v) is 6.10. The molecule has 0 aromatic heterocycles. The molecule has 0 aliphatic carbocycles. The second-order valence-electron chi connectivity index (χ2n) is 3.55. The van der Waals surface area contributed by atoms with Crippen LogP contribution in [0.1, 0.15) is 24.4 Å². The Balaban J connectivity index is 2.33. The van der Waals surface area contributed by atoms with Gasteiger partial charge in [0.15, 0.2) is 0 Å². The molecular weight excluding hydrogens is 305 g/mol. The van der Waals surface area contributed by atoms with Gasteiger partial charge in [-0.25, -0.2) is 0 Å². The van der Waals surface area contributed by atoms with Crippen LogP contribution in [0, 0.1) is 3.57 Å². The highest BCUT2D eigenvalue weighted by atomic mass is 127. The van der Waals surface area contributed by atoms with Crippen molar-refractivity contribution in [2.75, 3.05) is 13.7 Å². The minimum atomic E-state index is 0.238. The molecule has 4 heteroatoms. The van der Waals surface area contributed by atoms with Gasteiger partial charge < -0.3 is 9.57 Å². The number of nitrogens with one attached hydrogen (secondary N) is 1. The Morgan fingerprint density at radius 1 is 1.53 bits per heavy atom. The number of rotatable bonds is 2. The lowest BCUT2D eigenvalue weighted by atomic mass is 10.0. The molecule has 1 aliphatic heterocycles. The molecule has 1 heterocycles. The molecule has 0 bridgehead atoms. The molecule has 1 unspecified atom stereocenters. The standard InChI is InChI=1S/C11H14INO2/c1-14-13-10-3-2-6-15-11-5-4-8(12)7-9(10)11/h4-5,7,10,13H,2-3,6H2,1H3. The third kappa shape index (κ3) is 2.62. The molecule has 0 radical (unpaired) electrons. The monoisotopic (exact) mass is 319 g/mol. The van der Waals surface area contributed by atoms with Gasteiger partial charge in [0.2, 0.25) is 0 Å². The van der Waals surface area contributed by atoms with Crippen molar-refractivity contribution in [3.05, 3.63) is 27.3 Å². The van der Waals surface area contributed by atoms with E-state index in [1.54, 1.807) is 7.11 Å². The summed E-state index contributed by atoms with van der Waals surface area (Å²) >= 11 is 2.31. The molecule has 0 fully saturated rings. The Kier molecular flexibility index (Phi) is 3.82. The summed E-state index contributed by atoms with van der Waals surface area (Å²) in [5.74, 6) is 0.975. The van der Waals surface area contributed by atoms with Crippen molar-refractivity contribution >= 4 is 22.6 Å². The predicted octanol–water partition coefficient (Wildman–Crippen LogP) is 2.66. The molecule has 0 saturated carbocycles. The molecule has 0 amide bonds. The van der Waals surface area contributed by atoms with Gasteiger partial charge in [0.05, 0.1) is 19.8 Å². The van der Waals surface area contributed by atoms with Crippen LogP contribution in [-0.2, 0) is 4.84 Å². The Labute approximate surface area is 103 Å². The third-order valence-corrected chi connectivity index (χ3v) is 3.17. The zero-order valence-electron chi connectivity index (χ0n) is 8.63. The lowest BCUT2D eigenvalue weighted by molar-refractivity contribution is 0.0579. The highest BCUT2D eigenvalue weighted by Gasteiger charge is 2.19. The molecule has 0 spiro atoms. The Hall–Kier alpha value is -0.330. The van der Waals surface area contributed by atoms with Crippen LogP contribution in [0.15, 0.2) is 18.2 Å². The van der Waals surface area contributed by atoms with E-state index in [1.165, 1.54) is 9.13 Å². The molecule has 1 N–H and O–H groups in total. The molecule has 1 aromatic rings. The van der Waals surface area contributed by atoms with E-state index in [2.05, 4.69) is 40.2 Å². The second-order valence-corrected chi connectivity index (χ2v) is 4.79. The number of hydroxylamine groups is 1. The van der Waals surface area contributed by atoms with E-state index in [4.69, 9.17) is 9.57 Å². The summed E-state index contributed by atoms with van der Waals surface area (Å²) in [6.45, 7) is 0.787. The second kappa shape index (κ2) is 5.14. The zero-order chi connectivity index (χ0) is 10.7. The number of fused-ring (bicyclic) bond motifs is 1. The van der Waals surface area contributed by atoms with Crippen molar-refractivity contribution in [1.29, 1.82) is 0 Å². The summed E-state index contributed by atoms with van der Waals surface area (Å²) in [6.07, 6.45) is 2.09. The molecule has 2 rings (SSSR count). The number of benzene rings is 1. The quantitative estimate of drug-likeness (QED) is 0.671. The van der Waals surface area contributed by atoms with E-state index >= 15 is 0 Å². The van der Waals surface area contributed by atoms with Crippen LogP contribution in [0.4, 0.5) is 0 Å². The number of hydrogen-bond acceptors (Lipinski definition) is 3. The largest absolute Gasteiger partial charge is 0.493 e. The van der Waals surface area contributed by atoms with Gasteiger partial charge in [-0.05, 0) is 53.6 Å². The van der Waals surface area contributed by atoms with E-state index in [0.29, 0.717) is 0 Å². The van der Waals surface area contributed by atoms with Crippen LogP contribution in [0.25, 0.3) is 0 Å². The molecular formula is C11H14INO2. The van der Waals surface area contributed by atoms with E-state index in [-0.39, 0.29) is 6.04 Å². The highest BCUT2D eigenvalue weighted by Crippen LogP contribution is 2.32. The average Bonchev–Trinajstić information content (AvgIpc) is 2.42. The Bertz CT molecular complexity index is 343. The summed E-state index contributed by atoms with van der Waals surface area (Å²) in [4.78, 5) is 5.03. The molecule has 1 aliphatic rings. The van der Waals surface area contributed by atoms with Gasteiger partial charge in [-0.3, -0.25) is 0 Å². The fourth-order valence-electron chi connectivity index (χ4n) is 1.81. The maximum atomic E-state index is 5.68. The van der Waals surface area contributed by atoms with E-state index in [1.807, 2.05) is 6.07 Å². The SMILES string of the molecule is CONC1CCCOc2ccc(I)cc21. The molecule has 15 heavy (non-hydrogen) atoms. The third-order valence-electron chi connectivity index (χ3n) is 2.50. The van der Waals surface area contributed by atoms with Crippen LogP contribution >= 0.6 is 22.6 Å². The van der Waals surface area contributed by atoms with Gasteiger partial charge >= 0.3 is 0 Å². The lowest BCUT2D eigenvalue weighted by Gasteiger charge is -2.16. The predicted molar refractivity (Wildman–Crippen MR) is 66.8 cm³/mol. The van der Waals surface area contributed by atoms with Crippen LogP contribution in [0.5, 0.6) is 5.75 Å². The summed E-state index contributed by atoms with van der Waals surface area (Å²) in [5, 5.41) is 0. The van der Waals surface area contributed by atoms with E-state index < -0.39 is 0 Å². The zero-order valence-corrected chi connectivity index (χ0v) is 10.8. The van der Waals surface area contributed by atoms with Crippen LogP contribution in [0.2, 0.25) is 0 Å². The van der Waals surface area contributed by atoms with Gasteiger partial charge in [-0.2, -0.15) is 5.48 Å². The maximum Gasteiger partial charge on any atom is 0.124 e. The first-order valence-electron chi connectivity index (χ1n) is 5.02. The van der Waals surface area contributed by atoms with Crippen molar-refractivity contribution < 1.29 is 9.57 Å². The fourth-order valence-corrected chi connectivity index (χ4v) is 2.33. The molecule has 1 atom stereocenters. The Morgan fingerprint density at radius 2 is 2.40 bits per heavy atom. The van der Waals surface area contributed by atoms with E-state index in [9.17, 15) is 0 Å². The Morgan fingerprint density at radius 3 is 3.20 bits per heavy atom. The number of halogens is 1. The summed E-state index contributed by atoms with van der Waals surface area (Å²) < 4.78 is 6.90. The summed E-state index contributed by atoms with van der Waals surface area (Å²) in [6, 6.07) is 6.49. The van der Waals surface area contributed by atoms with Gasteiger partial charge in [-0.1, -0.05) is 0 Å². The maximum absolute atomic E-state index is 5.68. The minimum Gasteiger partial charge on any atom is -0.493 e. The minimum absolute atomic E-state index is 0.238. The lowest BCUT2D eigenvalue weighted by Crippen LogP contribution is -2.19. The number of hydrogen-bond donors (Lipinski definition) is 1. The van der Waals surface area contributed by atoms with Crippen LogP contribution in [0.3, 0.4) is 0 Å². The van der Waals surface area contributed by atoms with Gasteiger partial charge in [0.25, 0.3) is 0 Å².